The summed E-state index contributed by atoms with van der Waals surface area (Å²) < 4.78 is 12.8. The molecule has 0 aliphatic carbocycles. The summed E-state index contributed by atoms with van der Waals surface area (Å²) in [7, 11) is 0. The Morgan fingerprint density at radius 1 is 1.56 bits per heavy atom. The number of carbonyl (C=O) groups is 1. The van der Waals surface area contributed by atoms with E-state index in [0.29, 0.717) is 19.4 Å². The second kappa shape index (κ2) is 6.23. The van der Waals surface area contributed by atoms with Crippen LogP contribution in [0.1, 0.15) is 18.9 Å². The molecule has 88 valence electrons. The summed E-state index contributed by atoms with van der Waals surface area (Å²) in [5.74, 6) is -0.409. The van der Waals surface area contributed by atoms with Gasteiger partial charge in [0.25, 0.3) is 0 Å². The topological polar surface area (TPSA) is 55.1 Å². The second-order valence-corrected chi connectivity index (χ2v) is 3.69. The van der Waals surface area contributed by atoms with E-state index in [-0.39, 0.29) is 11.7 Å². The molecule has 1 amide bonds. The van der Waals surface area contributed by atoms with Crippen LogP contribution in [0.25, 0.3) is 0 Å². The molecule has 0 aromatic heterocycles. The van der Waals surface area contributed by atoms with Crippen LogP contribution in [0.2, 0.25) is 0 Å². The van der Waals surface area contributed by atoms with E-state index in [2.05, 4.69) is 5.32 Å². The summed E-state index contributed by atoms with van der Waals surface area (Å²) in [6.45, 7) is 2.34. The van der Waals surface area contributed by atoms with Crippen LogP contribution in [-0.2, 0) is 11.2 Å². The van der Waals surface area contributed by atoms with Gasteiger partial charge in [-0.25, -0.2) is 4.39 Å². The number of nitrogens with one attached hydrogen (secondary N) is 1. The first kappa shape index (κ1) is 12.6. The molecule has 1 rings (SSSR count). The van der Waals surface area contributed by atoms with Crippen LogP contribution in [0.5, 0.6) is 0 Å². The Morgan fingerprint density at radius 2 is 2.31 bits per heavy atom. The largest absolute Gasteiger partial charge is 0.354 e. The van der Waals surface area contributed by atoms with E-state index < -0.39 is 6.04 Å². The van der Waals surface area contributed by atoms with Gasteiger partial charge in [-0.15, -0.1) is 0 Å². The molecule has 0 fully saturated rings. The van der Waals surface area contributed by atoms with Crippen molar-refractivity contribution in [3.05, 3.63) is 35.6 Å². The smallest absolute Gasteiger partial charge is 0.236 e. The van der Waals surface area contributed by atoms with Gasteiger partial charge in [-0.3, -0.25) is 4.79 Å². The number of hydrogen-bond donors (Lipinski definition) is 2. The highest BCUT2D eigenvalue weighted by atomic mass is 19.1. The van der Waals surface area contributed by atoms with Crippen LogP contribution in [-0.4, -0.2) is 18.5 Å². The molecule has 0 unspecified atom stereocenters. The van der Waals surface area contributed by atoms with Crippen LogP contribution in [0, 0.1) is 5.82 Å². The standard InChI is InChI=1S/C12H17FN2O/c1-2-11(14)12(16)15-7-6-9-4-3-5-10(13)8-9/h3-5,8,11H,2,6-7,14H2,1H3,(H,15,16)/t11-/m1/s1. The fourth-order valence-electron chi connectivity index (χ4n) is 1.34. The number of rotatable bonds is 5. The van der Waals surface area contributed by atoms with Crippen LogP contribution in [0.3, 0.4) is 0 Å². The lowest BCUT2D eigenvalue weighted by Gasteiger charge is -2.09. The van der Waals surface area contributed by atoms with E-state index in [1.165, 1.54) is 12.1 Å². The highest BCUT2D eigenvalue weighted by Gasteiger charge is 2.09. The second-order valence-electron chi connectivity index (χ2n) is 3.69. The summed E-state index contributed by atoms with van der Waals surface area (Å²) in [4.78, 5) is 11.3. The quantitative estimate of drug-likeness (QED) is 0.790. The molecule has 4 heteroatoms. The fourth-order valence-corrected chi connectivity index (χ4v) is 1.34. The van der Waals surface area contributed by atoms with Gasteiger partial charge in [0.15, 0.2) is 0 Å². The summed E-state index contributed by atoms with van der Waals surface area (Å²) in [6.07, 6.45) is 1.23. The highest BCUT2D eigenvalue weighted by molar-refractivity contribution is 5.81. The lowest BCUT2D eigenvalue weighted by molar-refractivity contribution is -0.122. The predicted octanol–water partition coefficient (Wildman–Crippen LogP) is 1.22. The number of carbonyl (C=O) groups excluding carboxylic acids is 1. The van der Waals surface area contributed by atoms with Gasteiger partial charge in [0, 0.05) is 6.54 Å². The third-order valence-corrected chi connectivity index (χ3v) is 2.38. The third kappa shape index (κ3) is 3.98. The van der Waals surface area contributed by atoms with E-state index in [0.717, 1.165) is 5.56 Å². The summed E-state index contributed by atoms with van der Waals surface area (Å²) in [5, 5.41) is 2.71. The molecule has 0 saturated carbocycles. The van der Waals surface area contributed by atoms with Crippen molar-refractivity contribution in [3.8, 4) is 0 Å². The maximum Gasteiger partial charge on any atom is 0.236 e. The fraction of sp³-hybridized carbons (Fsp3) is 0.417. The molecule has 0 saturated heterocycles. The molecule has 3 N–H and O–H groups in total. The van der Waals surface area contributed by atoms with Gasteiger partial charge in [0.2, 0.25) is 5.91 Å². The van der Waals surface area contributed by atoms with Gasteiger partial charge >= 0.3 is 0 Å². The zero-order chi connectivity index (χ0) is 12.0. The van der Waals surface area contributed by atoms with Crippen LogP contribution < -0.4 is 11.1 Å². The van der Waals surface area contributed by atoms with Gasteiger partial charge in [0.1, 0.15) is 5.82 Å². The van der Waals surface area contributed by atoms with Gasteiger partial charge in [-0.1, -0.05) is 19.1 Å². The molecule has 16 heavy (non-hydrogen) atoms. The maximum absolute atomic E-state index is 12.8. The molecule has 1 aromatic rings. The molecule has 1 atom stereocenters. The van der Waals surface area contributed by atoms with Gasteiger partial charge in [-0.2, -0.15) is 0 Å². The first-order valence-electron chi connectivity index (χ1n) is 5.41. The van der Waals surface area contributed by atoms with Crippen LogP contribution >= 0.6 is 0 Å². The van der Waals surface area contributed by atoms with Crippen molar-refractivity contribution in [1.29, 1.82) is 0 Å². The van der Waals surface area contributed by atoms with Crippen molar-refractivity contribution in [2.75, 3.05) is 6.54 Å². The van der Waals surface area contributed by atoms with Crippen LogP contribution in [0.4, 0.5) is 4.39 Å². The number of benzene rings is 1. The summed E-state index contributed by atoms with van der Waals surface area (Å²) in [6, 6.07) is 5.90. The molecule has 1 aromatic carbocycles. The Hall–Kier alpha value is -1.42. The van der Waals surface area contributed by atoms with Gasteiger partial charge in [-0.05, 0) is 30.5 Å². The zero-order valence-electron chi connectivity index (χ0n) is 9.37. The highest BCUT2D eigenvalue weighted by Crippen LogP contribution is 2.03. The minimum absolute atomic E-state index is 0.154. The van der Waals surface area contributed by atoms with E-state index >= 15 is 0 Å². The van der Waals surface area contributed by atoms with Crippen molar-refractivity contribution in [1.82, 2.24) is 5.32 Å². The van der Waals surface area contributed by atoms with Gasteiger partial charge in [0.05, 0.1) is 6.04 Å². The molecule has 0 aliphatic heterocycles. The van der Waals surface area contributed by atoms with E-state index in [1.54, 1.807) is 6.07 Å². The van der Waals surface area contributed by atoms with Crippen molar-refractivity contribution < 1.29 is 9.18 Å². The molecule has 0 spiro atoms. The minimum Gasteiger partial charge on any atom is -0.354 e. The zero-order valence-corrected chi connectivity index (χ0v) is 9.37. The normalized spacial score (nSPS) is 12.2. The Bertz CT molecular complexity index is 355. The first-order valence-corrected chi connectivity index (χ1v) is 5.41. The Labute approximate surface area is 94.8 Å². The third-order valence-electron chi connectivity index (χ3n) is 2.38. The Balaban J connectivity index is 2.33. The average molecular weight is 224 g/mol. The Morgan fingerprint density at radius 3 is 2.94 bits per heavy atom. The van der Waals surface area contributed by atoms with Gasteiger partial charge < -0.3 is 11.1 Å². The monoisotopic (exact) mass is 224 g/mol. The molecule has 3 nitrogen and oxygen atoms in total. The molecular weight excluding hydrogens is 207 g/mol. The molecular formula is C12H17FN2O. The molecule has 0 bridgehead atoms. The SMILES string of the molecule is CC[C@@H](N)C(=O)NCCc1cccc(F)c1. The van der Waals surface area contributed by atoms with Crippen molar-refractivity contribution in [2.45, 2.75) is 25.8 Å². The van der Waals surface area contributed by atoms with E-state index in [9.17, 15) is 9.18 Å². The molecule has 0 aliphatic rings. The van der Waals surface area contributed by atoms with E-state index in [4.69, 9.17) is 5.73 Å². The van der Waals surface area contributed by atoms with E-state index in [1.807, 2.05) is 13.0 Å². The number of hydrogen-bond acceptors (Lipinski definition) is 2. The molecule has 0 heterocycles. The lowest BCUT2D eigenvalue weighted by atomic mass is 10.1. The predicted molar refractivity (Wildman–Crippen MR) is 61.4 cm³/mol. The number of halogens is 1. The number of nitrogens with two attached hydrogens (primary N) is 1. The Kier molecular flexibility index (Phi) is 4.92. The number of amides is 1. The van der Waals surface area contributed by atoms with Crippen molar-refractivity contribution in [2.24, 2.45) is 5.73 Å². The molecule has 0 radical (unpaired) electrons. The minimum atomic E-state index is -0.451. The summed E-state index contributed by atoms with van der Waals surface area (Å²) in [5.41, 5.74) is 6.41. The average Bonchev–Trinajstić information content (AvgIpc) is 2.28. The van der Waals surface area contributed by atoms with Crippen molar-refractivity contribution >= 4 is 5.91 Å². The lowest BCUT2D eigenvalue weighted by Crippen LogP contribution is -2.40. The maximum atomic E-state index is 12.8. The van der Waals surface area contributed by atoms with Crippen molar-refractivity contribution in [3.63, 3.8) is 0 Å². The van der Waals surface area contributed by atoms with Crippen LogP contribution in [0.15, 0.2) is 24.3 Å². The first-order chi connectivity index (χ1) is 7.63. The summed E-state index contributed by atoms with van der Waals surface area (Å²) >= 11 is 0.